The van der Waals surface area contributed by atoms with Crippen LogP contribution in [0.1, 0.15) is 46.9 Å². The van der Waals surface area contributed by atoms with Gasteiger partial charge in [-0.2, -0.15) is 0 Å². The quantitative estimate of drug-likeness (QED) is 0.860. The lowest BCUT2D eigenvalue weighted by Crippen LogP contribution is -2.45. The fourth-order valence-corrected chi connectivity index (χ4v) is 3.68. The van der Waals surface area contributed by atoms with E-state index in [1.807, 2.05) is 23.4 Å². The summed E-state index contributed by atoms with van der Waals surface area (Å²) in [7, 11) is 1.87. The number of hydrogen-bond acceptors (Lipinski definition) is 2. The van der Waals surface area contributed by atoms with Gasteiger partial charge in [-0.05, 0) is 43.7 Å². The number of pyridine rings is 1. The minimum Gasteiger partial charge on any atom is -0.354 e. The number of amides is 1. The normalized spacial score (nSPS) is 16.4. The number of fused-ring (bicyclic) bond motifs is 1. The van der Waals surface area contributed by atoms with Crippen molar-refractivity contribution in [2.45, 2.75) is 45.6 Å². The maximum Gasteiger partial charge on any atom is 0.259 e. The number of aryl methyl sites for hydroxylation is 3. The molecule has 25 heavy (non-hydrogen) atoms. The first kappa shape index (κ1) is 17.5. The minimum absolute atomic E-state index is 0.133. The molecule has 1 aromatic heterocycles. The van der Waals surface area contributed by atoms with Gasteiger partial charge in [0.1, 0.15) is 5.56 Å². The van der Waals surface area contributed by atoms with Gasteiger partial charge in [0.25, 0.3) is 5.91 Å². The standard InChI is InChI=1S/C21H26N2O2/c1-4-11-23(18-10-9-16-7-5-6-8-17(16)13-18)21(25)19-14-22(3)15(2)12-20(19)24/h5-8,12,14,18H,4,9-11,13H2,1-3H3. The van der Waals surface area contributed by atoms with E-state index in [9.17, 15) is 9.59 Å². The van der Waals surface area contributed by atoms with Gasteiger partial charge in [-0.3, -0.25) is 9.59 Å². The topological polar surface area (TPSA) is 42.3 Å². The van der Waals surface area contributed by atoms with Crippen LogP contribution in [0.2, 0.25) is 0 Å². The van der Waals surface area contributed by atoms with Gasteiger partial charge in [-0.25, -0.2) is 0 Å². The lowest BCUT2D eigenvalue weighted by atomic mass is 9.87. The van der Waals surface area contributed by atoms with Crippen molar-refractivity contribution in [3.63, 3.8) is 0 Å². The van der Waals surface area contributed by atoms with Crippen molar-refractivity contribution in [3.8, 4) is 0 Å². The first-order valence-electron chi connectivity index (χ1n) is 9.06. The van der Waals surface area contributed by atoms with Crippen LogP contribution in [0.4, 0.5) is 0 Å². The summed E-state index contributed by atoms with van der Waals surface area (Å²) >= 11 is 0. The molecule has 0 saturated carbocycles. The molecule has 0 N–H and O–H groups in total. The van der Waals surface area contributed by atoms with E-state index in [4.69, 9.17) is 0 Å². The Balaban J connectivity index is 1.90. The highest BCUT2D eigenvalue weighted by molar-refractivity contribution is 5.94. The van der Waals surface area contributed by atoms with Gasteiger partial charge >= 0.3 is 0 Å². The zero-order valence-electron chi connectivity index (χ0n) is 15.3. The molecule has 2 aromatic rings. The van der Waals surface area contributed by atoms with Crippen LogP contribution in [0.15, 0.2) is 41.3 Å². The molecule has 0 spiro atoms. The van der Waals surface area contributed by atoms with Gasteiger partial charge in [0.2, 0.25) is 0 Å². The van der Waals surface area contributed by atoms with E-state index in [0.717, 1.165) is 31.4 Å². The minimum atomic E-state index is -0.182. The first-order valence-corrected chi connectivity index (χ1v) is 9.06. The molecule has 1 amide bonds. The maximum absolute atomic E-state index is 13.1. The summed E-state index contributed by atoms with van der Waals surface area (Å²) in [4.78, 5) is 27.4. The predicted octanol–water partition coefficient (Wildman–Crippen LogP) is 3.10. The number of carbonyl (C=O) groups excluding carboxylic acids is 1. The molecule has 1 aliphatic rings. The second kappa shape index (κ2) is 7.26. The molecule has 4 nitrogen and oxygen atoms in total. The molecule has 0 fully saturated rings. The molecule has 4 heteroatoms. The molecular formula is C21H26N2O2. The molecule has 132 valence electrons. The molecule has 1 atom stereocenters. The fraction of sp³-hybridized carbons (Fsp3) is 0.429. The fourth-order valence-electron chi connectivity index (χ4n) is 3.68. The van der Waals surface area contributed by atoms with Crippen molar-refractivity contribution in [1.82, 2.24) is 9.47 Å². The summed E-state index contributed by atoms with van der Waals surface area (Å²) in [5.74, 6) is -0.133. The lowest BCUT2D eigenvalue weighted by Gasteiger charge is -2.35. The van der Waals surface area contributed by atoms with Crippen LogP contribution in [0.3, 0.4) is 0 Å². The van der Waals surface area contributed by atoms with Crippen LogP contribution in [0.25, 0.3) is 0 Å². The van der Waals surface area contributed by atoms with E-state index in [2.05, 4.69) is 31.2 Å². The third-order valence-corrected chi connectivity index (χ3v) is 5.20. The Morgan fingerprint density at radius 1 is 1.28 bits per heavy atom. The smallest absolute Gasteiger partial charge is 0.259 e. The molecule has 0 aliphatic heterocycles. The summed E-state index contributed by atoms with van der Waals surface area (Å²) in [5, 5.41) is 0. The van der Waals surface area contributed by atoms with Crippen LogP contribution in [-0.4, -0.2) is 28.0 Å². The predicted molar refractivity (Wildman–Crippen MR) is 100 cm³/mol. The summed E-state index contributed by atoms with van der Waals surface area (Å²) in [6, 6.07) is 10.2. The van der Waals surface area contributed by atoms with Crippen LogP contribution < -0.4 is 5.43 Å². The van der Waals surface area contributed by atoms with Gasteiger partial charge < -0.3 is 9.47 Å². The van der Waals surface area contributed by atoms with Crippen molar-refractivity contribution < 1.29 is 4.79 Å². The molecule has 0 bridgehead atoms. The lowest BCUT2D eigenvalue weighted by molar-refractivity contribution is 0.0659. The van der Waals surface area contributed by atoms with E-state index < -0.39 is 0 Å². The zero-order chi connectivity index (χ0) is 18.0. The SMILES string of the molecule is CCCN(C(=O)c1cn(C)c(C)cc1=O)C1CCc2ccccc2C1. The second-order valence-corrected chi connectivity index (χ2v) is 6.97. The Bertz CT molecular complexity index is 838. The number of carbonyl (C=O) groups is 1. The van der Waals surface area contributed by atoms with Gasteiger partial charge in [-0.15, -0.1) is 0 Å². The maximum atomic E-state index is 13.1. The highest BCUT2D eigenvalue weighted by Gasteiger charge is 2.29. The number of benzene rings is 1. The number of hydrogen-bond donors (Lipinski definition) is 0. The highest BCUT2D eigenvalue weighted by atomic mass is 16.2. The largest absolute Gasteiger partial charge is 0.354 e. The van der Waals surface area contributed by atoms with E-state index in [0.29, 0.717) is 6.54 Å². The summed E-state index contributed by atoms with van der Waals surface area (Å²) < 4.78 is 1.84. The van der Waals surface area contributed by atoms with Gasteiger partial charge in [0.15, 0.2) is 5.43 Å². The van der Waals surface area contributed by atoms with Crippen LogP contribution in [-0.2, 0) is 19.9 Å². The van der Waals surface area contributed by atoms with Crippen molar-refractivity contribution in [2.75, 3.05) is 6.54 Å². The van der Waals surface area contributed by atoms with Crippen LogP contribution in [0, 0.1) is 6.92 Å². The Kier molecular flexibility index (Phi) is 5.07. The number of rotatable bonds is 4. The van der Waals surface area contributed by atoms with Crippen LogP contribution >= 0.6 is 0 Å². The highest BCUT2D eigenvalue weighted by Crippen LogP contribution is 2.25. The number of nitrogens with zero attached hydrogens (tertiary/aromatic N) is 2. The zero-order valence-corrected chi connectivity index (χ0v) is 15.3. The number of aromatic nitrogens is 1. The molecule has 1 aromatic carbocycles. The van der Waals surface area contributed by atoms with Crippen molar-refractivity contribution in [1.29, 1.82) is 0 Å². The molecule has 0 radical (unpaired) electrons. The van der Waals surface area contributed by atoms with E-state index >= 15 is 0 Å². The third-order valence-electron chi connectivity index (χ3n) is 5.20. The molecule has 3 rings (SSSR count). The molecule has 1 aliphatic carbocycles. The van der Waals surface area contributed by atoms with Gasteiger partial charge in [0.05, 0.1) is 0 Å². The van der Waals surface area contributed by atoms with Gasteiger partial charge in [-0.1, -0.05) is 31.2 Å². The summed E-state index contributed by atoms with van der Waals surface area (Å²) in [6.07, 6.45) is 5.37. The Labute approximate surface area is 149 Å². The van der Waals surface area contributed by atoms with E-state index in [1.54, 1.807) is 12.3 Å². The van der Waals surface area contributed by atoms with Crippen molar-refractivity contribution in [3.05, 3.63) is 69.1 Å². The summed E-state index contributed by atoms with van der Waals surface area (Å²) in [5.41, 5.74) is 3.66. The molecule has 1 heterocycles. The first-order chi connectivity index (χ1) is 12.0. The van der Waals surface area contributed by atoms with Crippen LogP contribution in [0.5, 0.6) is 0 Å². The summed E-state index contributed by atoms with van der Waals surface area (Å²) in [6.45, 7) is 4.63. The molecular weight excluding hydrogens is 312 g/mol. The Morgan fingerprint density at radius 3 is 2.72 bits per heavy atom. The van der Waals surface area contributed by atoms with Crippen molar-refractivity contribution in [2.24, 2.45) is 7.05 Å². The Morgan fingerprint density at radius 2 is 2.00 bits per heavy atom. The third kappa shape index (κ3) is 3.53. The Hall–Kier alpha value is -2.36. The van der Waals surface area contributed by atoms with Gasteiger partial charge in [0, 0.05) is 37.6 Å². The van der Waals surface area contributed by atoms with Crippen molar-refractivity contribution >= 4 is 5.91 Å². The second-order valence-electron chi connectivity index (χ2n) is 6.97. The van der Waals surface area contributed by atoms with E-state index in [1.165, 1.54) is 11.1 Å². The van der Waals surface area contributed by atoms with E-state index in [-0.39, 0.29) is 22.9 Å². The average Bonchev–Trinajstić information content (AvgIpc) is 2.62. The average molecular weight is 338 g/mol. The molecule has 0 saturated heterocycles. The molecule has 1 unspecified atom stereocenters. The monoisotopic (exact) mass is 338 g/mol.